The zero-order valence-corrected chi connectivity index (χ0v) is 16.0. The maximum Gasteiger partial charge on any atom is 0.235 e. The fraction of sp³-hybridized carbons (Fsp3) is 0.737. The zero-order chi connectivity index (χ0) is 18.7. The normalized spacial score (nSPS) is 25.8. The summed E-state index contributed by atoms with van der Waals surface area (Å²) < 4.78 is 5.54. The van der Waals surface area contributed by atoms with E-state index in [9.17, 15) is 10.1 Å². The molecule has 1 aromatic heterocycles. The van der Waals surface area contributed by atoms with E-state index >= 15 is 0 Å². The molecule has 0 aromatic carbocycles. The zero-order valence-electron chi connectivity index (χ0n) is 16.0. The molecule has 3 rings (SSSR count). The van der Waals surface area contributed by atoms with Gasteiger partial charge in [0.1, 0.15) is 11.4 Å². The number of carbonyl (C=O) groups excluding carboxylic acids is 1. The van der Waals surface area contributed by atoms with Crippen molar-refractivity contribution in [3.05, 3.63) is 17.2 Å². The number of carbonyl (C=O) groups is 1. The number of aromatic nitrogens is 2. The number of imidazole rings is 1. The molecule has 1 aliphatic heterocycles. The number of nitrogens with one attached hydrogen (secondary N) is 2. The highest BCUT2D eigenvalue weighted by molar-refractivity contribution is 5.79. The van der Waals surface area contributed by atoms with Crippen LogP contribution in [0, 0.1) is 25.2 Å². The van der Waals surface area contributed by atoms with Crippen LogP contribution in [-0.4, -0.2) is 52.6 Å². The molecule has 2 atom stereocenters. The van der Waals surface area contributed by atoms with E-state index in [-0.39, 0.29) is 24.6 Å². The van der Waals surface area contributed by atoms with Gasteiger partial charge in [-0.1, -0.05) is 19.3 Å². The van der Waals surface area contributed by atoms with E-state index in [0.717, 1.165) is 55.7 Å². The van der Waals surface area contributed by atoms with Crippen LogP contribution in [0.2, 0.25) is 0 Å². The summed E-state index contributed by atoms with van der Waals surface area (Å²) in [7, 11) is 1.70. The summed E-state index contributed by atoms with van der Waals surface area (Å²) >= 11 is 0. The van der Waals surface area contributed by atoms with Crippen LogP contribution in [0.3, 0.4) is 0 Å². The SMILES string of the molecule is CO[C@@H]1C[C@@H](c2nc(C)c(C)[nH]2)N(CC(=O)NC2(C#N)CCCCC2)C1. The first-order chi connectivity index (χ1) is 12.5. The third-order valence-corrected chi connectivity index (χ3v) is 5.81. The molecule has 2 fully saturated rings. The summed E-state index contributed by atoms with van der Waals surface area (Å²) in [5.74, 6) is 0.801. The first-order valence-corrected chi connectivity index (χ1v) is 9.48. The lowest BCUT2D eigenvalue weighted by Gasteiger charge is -2.32. The minimum atomic E-state index is -0.691. The molecular weight excluding hydrogens is 330 g/mol. The Kier molecular flexibility index (Phi) is 5.64. The predicted octanol–water partition coefficient (Wildman–Crippen LogP) is 2.13. The van der Waals surface area contributed by atoms with Crippen LogP contribution in [0.1, 0.15) is 61.8 Å². The molecule has 7 nitrogen and oxygen atoms in total. The van der Waals surface area contributed by atoms with Crippen molar-refractivity contribution < 1.29 is 9.53 Å². The average Bonchev–Trinajstić information content (AvgIpc) is 3.18. The highest BCUT2D eigenvalue weighted by Gasteiger charge is 2.38. The van der Waals surface area contributed by atoms with Gasteiger partial charge in [0.05, 0.1) is 30.5 Å². The van der Waals surface area contributed by atoms with Gasteiger partial charge in [0.2, 0.25) is 5.91 Å². The van der Waals surface area contributed by atoms with Gasteiger partial charge in [-0.05, 0) is 33.1 Å². The second kappa shape index (κ2) is 7.77. The lowest BCUT2D eigenvalue weighted by atomic mass is 9.83. The number of likely N-dealkylation sites (tertiary alicyclic amines) is 1. The molecule has 142 valence electrons. The van der Waals surface area contributed by atoms with Gasteiger partial charge < -0.3 is 15.0 Å². The monoisotopic (exact) mass is 359 g/mol. The first kappa shape index (κ1) is 18.9. The lowest BCUT2D eigenvalue weighted by Crippen LogP contribution is -2.51. The number of methoxy groups -OCH3 is 1. The molecular formula is C19H29N5O2. The topological polar surface area (TPSA) is 94.0 Å². The van der Waals surface area contributed by atoms with Crippen LogP contribution in [-0.2, 0) is 9.53 Å². The van der Waals surface area contributed by atoms with Crippen LogP contribution in [0.25, 0.3) is 0 Å². The molecule has 1 saturated heterocycles. The van der Waals surface area contributed by atoms with Gasteiger partial charge in [-0.15, -0.1) is 0 Å². The number of nitriles is 1. The molecule has 0 unspecified atom stereocenters. The minimum Gasteiger partial charge on any atom is -0.380 e. The Bertz CT molecular complexity index is 667. The number of amides is 1. The lowest BCUT2D eigenvalue weighted by molar-refractivity contribution is -0.124. The number of nitrogens with zero attached hydrogens (tertiary/aromatic N) is 3. The van der Waals surface area contributed by atoms with Crippen molar-refractivity contribution in [2.45, 2.75) is 70.1 Å². The first-order valence-electron chi connectivity index (χ1n) is 9.48. The fourth-order valence-corrected chi connectivity index (χ4v) is 4.14. The number of rotatable bonds is 5. The Hall–Kier alpha value is -1.91. The summed E-state index contributed by atoms with van der Waals surface area (Å²) in [5.41, 5.74) is 1.34. The second-order valence-electron chi connectivity index (χ2n) is 7.67. The van der Waals surface area contributed by atoms with Gasteiger partial charge in [-0.3, -0.25) is 9.69 Å². The molecule has 0 radical (unpaired) electrons. The summed E-state index contributed by atoms with van der Waals surface area (Å²) in [6.45, 7) is 4.93. The molecule has 1 saturated carbocycles. The maximum absolute atomic E-state index is 12.7. The van der Waals surface area contributed by atoms with Crippen LogP contribution in [0.4, 0.5) is 0 Å². The van der Waals surface area contributed by atoms with Crippen LogP contribution < -0.4 is 5.32 Å². The van der Waals surface area contributed by atoms with E-state index in [4.69, 9.17) is 4.74 Å². The van der Waals surface area contributed by atoms with Gasteiger partial charge in [-0.2, -0.15) is 5.26 Å². The number of hydrogen-bond donors (Lipinski definition) is 2. The maximum atomic E-state index is 12.7. The largest absolute Gasteiger partial charge is 0.380 e. The number of hydrogen-bond acceptors (Lipinski definition) is 5. The Morgan fingerprint density at radius 3 is 2.73 bits per heavy atom. The Morgan fingerprint density at radius 1 is 1.42 bits per heavy atom. The molecule has 2 aliphatic rings. The molecule has 2 N–H and O–H groups in total. The molecule has 1 amide bonds. The van der Waals surface area contributed by atoms with E-state index in [0.29, 0.717) is 6.54 Å². The van der Waals surface area contributed by atoms with Crippen molar-refractivity contribution in [2.75, 3.05) is 20.2 Å². The molecule has 1 aliphatic carbocycles. The van der Waals surface area contributed by atoms with Crippen LogP contribution in [0.15, 0.2) is 0 Å². The molecule has 0 bridgehead atoms. The molecule has 0 spiro atoms. The fourth-order valence-electron chi connectivity index (χ4n) is 4.14. The minimum absolute atomic E-state index is 0.0301. The van der Waals surface area contributed by atoms with Crippen molar-refractivity contribution in [1.82, 2.24) is 20.2 Å². The van der Waals surface area contributed by atoms with Gasteiger partial charge in [-0.25, -0.2) is 4.98 Å². The van der Waals surface area contributed by atoms with Crippen LogP contribution in [0.5, 0.6) is 0 Å². The van der Waals surface area contributed by atoms with E-state index in [2.05, 4.69) is 26.3 Å². The Labute approximate surface area is 155 Å². The quantitative estimate of drug-likeness (QED) is 0.840. The van der Waals surface area contributed by atoms with Crippen molar-refractivity contribution >= 4 is 5.91 Å². The van der Waals surface area contributed by atoms with Crippen molar-refractivity contribution in [1.29, 1.82) is 5.26 Å². The third kappa shape index (κ3) is 3.92. The molecule has 7 heteroatoms. The Morgan fingerprint density at radius 2 is 2.15 bits per heavy atom. The molecule has 1 aromatic rings. The standard InChI is InChI=1S/C19H29N5O2/c1-13-14(2)22-18(21-13)16-9-15(26-3)10-24(16)11-17(25)23-19(12-20)7-5-4-6-8-19/h15-16H,4-11H2,1-3H3,(H,21,22)(H,23,25)/t15-,16+/m1/s1. The number of aryl methyl sites for hydroxylation is 2. The number of ether oxygens (including phenoxy) is 1. The average molecular weight is 359 g/mol. The Balaban J connectivity index is 1.69. The highest BCUT2D eigenvalue weighted by atomic mass is 16.5. The van der Waals surface area contributed by atoms with E-state index < -0.39 is 5.54 Å². The van der Waals surface area contributed by atoms with E-state index in [1.165, 1.54) is 0 Å². The van der Waals surface area contributed by atoms with Gasteiger partial charge >= 0.3 is 0 Å². The summed E-state index contributed by atoms with van der Waals surface area (Å²) in [6, 6.07) is 2.38. The number of H-pyrrole nitrogens is 1. The van der Waals surface area contributed by atoms with Crippen molar-refractivity contribution in [3.63, 3.8) is 0 Å². The second-order valence-corrected chi connectivity index (χ2v) is 7.67. The third-order valence-electron chi connectivity index (χ3n) is 5.81. The van der Waals surface area contributed by atoms with E-state index in [1.54, 1.807) is 7.11 Å². The number of aromatic amines is 1. The van der Waals surface area contributed by atoms with E-state index in [1.807, 2.05) is 13.8 Å². The predicted molar refractivity (Wildman–Crippen MR) is 97.4 cm³/mol. The summed E-state index contributed by atoms with van der Waals surface area (Å²) in [6.07, 6.45) is 5.51. The summed E-state index contributed by atoms with van der Waals surface area (Å²) in [5, 5.41) is 12.6. The van der Waals surface area contributed by atoms with Gasteiger partial charge in [0, 0.05) is 19.3 Å². The smallest absolute Gasteiger partial charge is 0.235 e. The summed E-state index contributed by atoms with van der Waals surface area (Å²) in [4.78, 5) is 22.8. The van der Waals surface area contributed by atoms with Crippen molar-refractivity contribution in [3.8, 4) is 6.07 Å². The molecule has 2 heterocycles. The van der Waals surface area contributed by atoms with Crippen molar-refractivity contribution in [2.24, 2.45) is 0 Å². The van der Waals surface area contributed by atoms with Gasteiger partial charge in [0.25, 0.3) is 0 Å². The molecule has 26 heavy (non-hydrogen) atoms. The van der Waals surface area contributed by atoms with Crippen LogP contribution >= 0.6 is 0 Å². The van der Waals surface area contributed by atoms with Gasteiger partial charge in [0.15, 0.2) is 0 Å². The highest BCUT2D eigenvalue weighted by Crippen LogP contribution is 2.32.